The van der Waals surface area contributed by atoms with Crippen LogP contribution in [0.3, 0.4) is 0 Å². The summed E-state index contributed by atoms with van der Waals surface area (Å²) >= 11 is 0. The second-order valence-corrected chi connectivity index (χ2v) is 8.48. The van der Waals surface area contributed by atoms with Crippen molar-refractivity contribution in [2.75, 3.05) is 52.5 Å². The molecule has 8 nitrogen and oxygen atoms in total. The normalized spacial score (nSPS) is 15.8. The number of aliphatic hydroxyl groups is 2. The Morgan fingerprint density at radius 2 is 1.87 bits per heavy atom. The maximum atomic E-state index is 12.0. The number of amides is 2. The van der Waals surface area contributed by atoms with Gasteiger partial charge in [0.1, 0.15) is 18.5 Å². The summed E-state index contributed by atoms with van der Waals surface area (Å²) < 4.78 is 11.2. The van der Waals surface area contributed by atoms with Crippen LogP contribution in [0.15, 0.2) is 24.3 Å². The molecule has 176 valence electrons. The van der Waals surface area contributed by atoms with Crippen LogP contribution in [-0.2, 0) is 11.2 Å². The molecule has 0 radical (unpaired) electrons. The molecule has 4 N–H and O–H groups in total. The molecule has 1 unspecified atom stereocenters. The van der Waals surface area contributed by atoms with Gasteiger partial charge in [-0.3, -0.25) is 0 Å². The summed E-state index contributed by atoms with van der Waals surface area (Å²) in [5.41, 5.74) is 1.20. The minimum atomic E-state index is -0.636. The molecule has 0 aliphatic carbocycles. The third-order valence-electron chi connectivity index (χ3n) is 5.06. The van der Waals surface area contributed by atoms with Crippen LogP contribution in [0.25, 0.3) is 0 Å². The lowest BCUT2D eigenvalue weighted by atomic mass is 10.1. The molecule has 8 heteroatoms. The monoisotopic (exact) mass is 437 g/mol. The highest BCUT2D eigenvalue weighted by Crippen LogP contribution is 2.13. The highest BCUT2D eigenvalue weighted by Gasteiger charge is 2.20. The molecule has 0 aromatic heterocycles. The average Bonchev–Trinajstić information content (AvgIpc) is 2.76. The van der Waals surface area contributed by atoms with Crippen molar-refractivity contribution >= 4 is 6.03 Å². The zero-order valence-corrected chi connectivity index (χ0v) is 18.9. The standard InChI is InChI=1S/C23H39N3O5/c1-18(2)16-30-14-9-19-3-5-22(6-4-19)31-17-21(28)15-24-10-11-25-23(29)26-12-7-20(27)8-13-26/h3-6,18,20-21,24,27-28H,7-17H2,1-2H3,(H,25,29). The zero-order chi connectivity index (χ0) is 22.5. The van der Waals surface area contributed by atoms with Gasteiger partial charge in [-0.15, -0.1) is 0 Å². The highest BCUT2D eigenvalue weighted by atomic mass is 16.5. The van der Waals surface area contributed by atoms with E-state index in [-0.39, 0.29) is 18.7 Å². The first-order chi connectivity index (χ1) is 14.9. The van der Waals surface area contributed by atoms with E-state index < -0.39 is 6.10 Å². The Bertz CT molecular complexity index is 618. The Labute approximate surface area is 185 Å². The zero-order valence-electron chi connectivity index (χ0n) is 18.9. The number of benzene rings is 1. The Kier molecular flexibility index (Phi) is 11.7. The molecule has 0 bridgehead atoms. The van der Waals surface area contributed by atoms with Crippen molar-refractivity contribution in [1.82, 2.24) is 15.5 Å². The third-order valence-corrected chi connectivity index (χ3v) is 5.06. The van der Waals surface area contributed by atoms with E-state index in [2.05, 4.69) is 24.5 Å². The molecular weight excluding hydrogens is 398 g/mol. The van der Waals surface area contributed by atoms with Gasteiger partial charge in [0.15, 0.2) is 0 Å². The number of carbonyl (C=O) groups excluding carboxylic acids is 1. The summed E-state index contributed by atoms with van der Waals surface area (Å²) in [4.78, 5) is 13.7. The largest absolute Gasteiger partial charge is 0.491 e. The quantitative estimate of drug-likeness (QED) is 0.348. The molecule has 1 atom stereocenters. The van der Waals surface area contributed by atoms with E-state index in [1.165, 1.54) is 5.56 Å². The summed E-state index contributed by atoms with van der Waals surface area (Å²) in [6, 6.07) is 7.75. The van der Waals surface area contributed by atoms with Crippen molar-refractivity contribution < 1.29 is 24.5 Å². The van der Waals surface area contributed by atoms with Crippen molar-refractivity contribution in [3.8, 4) is 5.75 Å². The number of hydrogen-bond donors (Lipinski definition) is 4. The Hall–Kier alpha value is -1.87. The molecule has 2 rings (SSSR count). The van der Waals surface area contributed by atoms with Gasteiger partial charge in [0.25, 0.3) is 0 Å². The van der Waals surface area contributed by atoms with Crippen molar-refractivity contribution in [1.29, 1.82) is 0 Å². The van der Waals surface area contributed by atoms with E-state index in [1.807, 2.05) is 24.3 Å². The topological polar surface area (TPSA) is 103 Å². The second-order valence-electron chi connectivity index (χ2n) is 8.48. The minimum Gasteiger partial charge on any atom is -0.491 e. The fraction of sp³-hybridized carbons (Fsp3) is 0.696. The summed E-state index contributed by atoms with van der Waals surface area (Å²) in [6.07, 6.45) is 1.21. The van der Waals surface area contributed by atoms with Crippen LogP contribution >= 0.6 is 0 Å². The van der Waals surface area contributed by atoms with Crippen LogP contribution < -0.4 is 15.4 Å². The van der Waals surface area contributed by atoms with E-state index >= 15 is 0 Å². The number of likely N-dealkylation sites (tertiary alicyclic amines) is 1. The number of nitrogens with zero attached hydrogens (tertiary/aromatic N) is 1. The highest BCUT2D eigenvalue weighted by molar-refractivity contribution is 5.74. The number of rotatable bonds is 13. The average molecular weight is 438 g/mol. The minimum absolute atomic E-state index is 0.104. The lowest BCUT2D eigenvalue weighted by Crippen LogP contribution is -2.47. The fourth-order valence-electron chi connectivity index (χ4n) is 3.22. The van der Waals surface area contributed by atoms with Gasteiger partial charge in [0, 0.05) is 39.3 Å². The van der Waals surface area contributed by atoms with E-state index in [9.17, 15) is 15.0 Å². The SMILES string of the molecule is CC(C)COCCc1ccc(OCC(O)CNCCNC(=O)N2CCC(O)CC2)cc1. The molecule has 0 spiro atoms. The number of urea groups is 1. The van der Waals surface area contributed by atoms with Gasteiger partial charge in [-0.25, -0.2) is 4.79 Å². The van der Waals surface area contributed by atoms with Gasteiger partial charge in [0.2, 0.25) is 0 Å². The molecule has 1 aromatic carbocycles. The molecule has 1 fully saturated rings. The third kappa shape index (κ3) is 10.8. The number of ether oxygens (including phenoxy) is 2. The van der Waals surface area contributed by atoms with Gasteiger partial charge >= 0.3 is 6.03 Å². The van der Waals surface area contributed by atoms with Crippen molar-refractivity contribution in [3.63, 3.8) is 0 Å². The van der Waals surface area contributed by atoms with E-state index in [1.54, 1.807) is 4.90 Å². The molecular formula is C23H39N3O5. The van der Waals surface area contributed by atoms with Crippen LogP contribution in [-0.4, -0.2) is 85.9 Å². The van der Waals surface area contributed by atoms with E-state index in [4.69, 9.17) is 9.47 Å². The first kappa shape index (κ1) is 25.4. The van der Waals surface area contributed by atoms with Crippen LogP contribution in [0.2, 0.25) is 0 Å². The van der Waals surface area contributed by atoms with Gasteiger partial charge in [-0.1, -0.05) is 26.0 Å². The summed E-state index contributed by atoms with van der Waals surface area (Å²) in [7, 11) is 0. The number of piperidine rings is 1. The van der Waals surface area contributed by atoms with Crippen molar-refractivity contribution in [2.45, 2.75) is 45.3 Å². The Morgan fingerprint density at radius 3 is 2.55 bits per heavy atom. The Morgan fingerprint density at radius 1 is 1.16 bits per heavy atom. The Balaban J connectivity index is 1.50. The fourth-order valence-corrected chi connectivity index (χ4v) is 3.22. The first-order valence-electron chi connectivity index (χ1n) is 11.3. The van der Waals surface area contributed by atoms with Crippen molar-refractivity contribution in [3.05, 3.63) is 29.8 Å². The molecule has 1 aliphatic rings. The van der Waals surface area contributed by atoms with Crippen LogP contribution in [0.1, 0.15) is 32.3 Å². The predicted molar refractivity (Wildman–Crippen MR) is 120 cm³/mol. The predicted octanol–water partition coefficient (Wildman–Crippen LogP) is 1.40. The van der Waals surface area contributed by atoms with E-state index in [0.717, 1.165) is 18.8 Å². The maximum absolute atomic E-state index is 12.0. The van der Waals surface area contributed by atoms with E-state index in [0.29, 0.717) is 58.1 Å². The lowest BCUT2D eigenvalue weighted by molar-refractivity contribution is 0.0936. The number of aliphatic hydroxyl groups excluding tert-OH is 2. The summed E-state index contributed by atoms with van der Waals surface area (Å²) in [5, 5.41) is 25.5. The van der Waals surface area contributed by atoms with Crippen LogP contribution in [0.4, 0.5) is 4.79 Å². The van der Waals surface area contributed by atoms with Gasteiger partial charge in [-0.2, -0.15) is 0 Å². The molecule has 2 amide bonds. The first-order valence-corrected chi connectivity index (χ1v) is 11.3. The van der Waals surface area contributed by atoms with Gasteiger partial charge in [-0.05, 0) is 42.9 Å². The molecule has 1 aromatic rings. The molecule has 1 heterocycles. The van der Waals surface area contributed by atoms with Crippen LogP contribution in [0, 0.1) is 5.92 Å². The molecule has 31 heavy (non-hydrogen) atoms. The van der Waals surface area contributed by atoms with Crippen molar-refractivity contribution in [2.24, 2.45) is 5.92 Å². The lowest BCUT2D eigenvalue weighted by Gasteiger charge is -2.29. The van der Waals surface area contributed by atoms with Gasteiger partial charge in [0.05, 0.1) is 12.7 Å². The smallest absolute Gasteiger partial charge is 0.317 e. The maximum Gasteiger partial charge on any atom is 0.317 e. The number of hydrogen-bond acceptors (Lipinski definition) is 6. The van der Waals surface area contributed by atoms with Gasteiger partial charge < -0.3 is 35.2 Å². The molecule has 1 aliphatic heterocycles. The second kappa shape index (κ2) is 14.2. The van der Waals surface area contributed by atoms with Crippen LogP contribution in [0.5, 0.6) is 5.75 Å². The summed E-state index contributed by atoms with van der Waals surface area (Å²) in [5.74, 6) is 1.27. The molecule has 0 saturated carbocycles. The summed E-state index contributed by atoms with van der Waals surface area (Å²) in [6.45, 7) is 8.57. The number of carbonyl (C=O) groups is 1. The number of nitrogens with one attached hydrogen (secondary N) is 2. The molecule has 1 saturated heterocycles.